The number of aromatic hydroxyl groups is 1. The lowest BCUT2D eigenvalue weighted by Gasteiger charge is -2.38. The second-order valence-corrected chi connectivity index (χ2v) is 7.89. The summed E-state index contributed by atoms with van der Waals surface area (Å²) < 4.78 is 14.8. The van der Waals surface area contributed by atoms with Gasteiger partial charge >= 0.3 is 0 Å². The molecule has 0 radical (unpaired) electrons. The molecule has 2 N–H and O–H groups in total. The molecule has 0 spiro atoms. The van der Waals surface area contributed by atoms with Gasteiger partial charge in [0.25, 0.3) is 5.91 Å². The lowest BCUT2D eigenvalue weighted by molar-refractivity contribution is 0.0962. The molecular formula is C21H25FN4O2. The fourth-order valence-corrected chi connectivity index (χ4v) is 4.64. The monoisotopic (exact) mass is 384 g/mol. The van der Waals surface area contributed by atoms with E-state index in [0.717, 1.165) is 25.7 Å². The Morgan fingerprint density at radius 3 is 2.71 bits per heavy atom. The standard InChI is InChI=1S/C21H25FN4O2/c1-23-21(28)14-5-6-15(18(27)11-14)16-7-8-19(25-24-16)26(2)17-10-12-3-4-13(9-12)20(17)22/h5-8,11-13,17,20,27H,3-4,9-10H2,1-2H3,(H,23,28)/t12-,13+,17+,20-/m0/s1. The van der Waals surface area contributed by atoms with E-state index >= 15 is 0 Å². The summed E-state index contributed by atoms with van der Waals surface area (Å²) in [6.45, 7) is 0. The van der Waals surface area contributed by atoms with E-state index in [1.54, 1.807) is 24.3 Å². The first kappa shape index (κ1) is 18.7. The number of benzene rings is 1. The van der Waals surface area contributed by atoms with Gasteiger partial charge in [0.2, 0.25) is 0 Å². The number of amides is 1. The molecule has 0 aliphatic heterocycles. The van der Waals surface area contributed by atoms with Crippen molar-refractivity contribution in [2.45, 2.75) is 37.9 Å². The SMILES string of the molecule is CNC(=O)c1ccc(-c2ccc(N(C)[C@@H]3C[C@H]4CC[C@H](C4)[C@@H]3F)nn2)c(O)c1. The number of fused-ring (bicyclic) bond motifs is 2. The van der Waals surface area contributed by atoms with E-state index in [4.69, 9.17) is 0 Å². The minimum absolute atomic E-state index is 0.0378. The summed E-state index contributed by atoms with van der Waals surface area (Å²) in [6, 6.07) is 8.08. The number of phenols is 1. The van der Waals surface area contributed by atoms with E-state index in [1.165, 1.54) is 13.1 Å². The maximum Gasteiger partial charge on any atom is 0.251 e. The third-order valence-electron chi connectivity index (χ3n) is 6.25. The molecule has 0 saturated heterocycles. The van der Waals surface area contributed by atoms with Crippen LogP contribution in [-0.4, -0.2) is 47.5 Å². The first-order valence-electron chi connectivity index (χ1n) is 9.74. The van der Waals surface area contributed by atoms with Crippen LogP contribution in [0.5, 0.6) is 5.75 Å². The highest BCUT2D eigenvalue weighted by atomic mass is 19.1. The summed E-state index contributed by atoms with van der Waals surface area (Å²) in [5.74, 6) is 1.11. The van der Waals surface area contributed by atoms with Gasteiger partial charge in [0.15, 0.2) is 5.82 Å². The number of alkyl halides is 1. The summed E-state index contributed by atoms with van der Waals surface area (Å²) in [7, 11) is 3.41. The van der Waals surface area contributed by atoms with Crippen molar-refractivity contribution >= 4 is 11.7 Å². The summed E-state index contributed by atoms with van der Waals surface area (Å²) in [5.41, 5.74) is 1.36. The molecule has 1 amide bonds. The van der Waals surface area contributed by atoms with Crippen molar-refractivity contribution in [3.8, 4) is 17.0 Å². The van der Waals surface area contributed by atoms with E-state index in [1.807, 2.05) is 11.9 Å². The van der Waals surface area contributed by atoms with Crippen molar-refractivity contribution in [2.75, 3.05) is 19.0 Å². The Hall–Kier alpha value is -2.70. The predicted octanol–water partition coefficient (Wildman–Crippen LogP) is 3.17. The number of phenolic OH excluding ortho intramolecular Hbond substituents is 1. The third-order valence-corrected chi connectivity index (χ3v) is 6.25. The maximum atomic E-state index is 14.8. The first-order chi connectivity index (χ1) is 13.5. The van der Waals surface area contributed by atoms with E-state index in [9.17, 15) is 14.3 Å². The van der Waals surface area contributed by atoms with Crippen LogP contribution in [0.15, 0.2) is 30.3 Å². The van der Waals surface area contributed by atoms with Crippen molar-refractivity contribution in [1.29, 1.82) is 0 Å². The molecule has 2 fully saturated rings. The molecule has 4 rings (SSSR count). The molecular weight excluding hydrogens is 359 g/mol. The molecule has 148 valence electrons. The number of carbonyl (C=O) groups excluding carboxylic acids is 1. The Morgan fingerprint density at radius 2 is 2.04 bits per heavy atom. The molecule has 4 atom stereocenters. The van der Waals surface area contributed by atoms with Gasteiger partial charge < -0.3 is 15.3 Å². The molecule has 28 heavy (non-hydrogen) atoms. The lowest BCUT2D eigenvalue weighted by Crippen LogP contribution is -2.46. The van der Waals surface area contributed by atoms with Crippen LogP contribution in [0.1, 0.15) is 36.0 Å². The summed E-state index contributed by atoms with van der Waals surface area (Å²) >= 11 is 0. The Labute approximate surface area is 163 Å². The fraction of sp³-hybridized carbons (Fsp3) is 0.476. The minimum Gasteiger partial charge on any atom is -0.507 e. The van der Waals surface area contributed by atoms with Gasteiger partial charge in [-0.25, -0.2) is 4.39 Å². The molecule has 6 nitrogen and oxygen atoms in total. The number of nitrogens with one attached hydrogen (secondary N) is 1. The molecule has 2 saturated carbocycles. The molecule has 2 bridgehead atoms. The number of hydrogen-bond donors (Lipinski definition) is 2. The second kappa shape index (κ2) is 7.37. The van der Waals surface area contributed by atoms with Gasteiger partial charge in [-0.05, 0) is 67.9 Å². The van der Waals surface area contributed by atoms with Gasteiger partial charge in [-0.15, -0.1) is 10.2 Å². The number of halogens is 1. The van der Waals surface area contributed by atoms with E-state index in [-0.39, 0.29) is 23.6 Å². The van der Waals surface area contributed by atoms with Crippen LogP contribution in [0, 0.1) is 11.8 Å². The number of hydrogen-bond acceptors (Lipinski definition) is 5. The van der Waals surface area contributed by atoms with Crippen molar-refractivity contribution < 1.29 is 14.3 Å². The Bertz CT molecular complexity index is 873. The Balaban J connectivity index is 1.53. The second-order valence-electron chi connectivity index (χ2n) is 7.89. The number of carbonyl (C=O) groups is 1. The number of anilines is 1. The first-order valence-corrected chi connectivity index (χ1v) is 9.74. The van der Waals surface area contributed by atoms with Crippen molar-refractivity contribution in [3.63, 3.8) is 0 Å². The van der Waals surface area contributed by atoms with Crippen molar-refractivity contribution in [2.24, 2.45) is 11.8 Å². The van der Waals surface area contributed by atoms with Crippen molar-refractivity contribution in [3.05, 3.63) is 35.9 Å². The van der Waals surface area contributed by atoms with E-state index in [2.05, 4.69) is 15.5 Å². The Kier molecular flexibility index (Phi) is 4.91. The minimum atomic E-state index is -0.827. The lowest BCUT2D eigenvalue weighted by atomic mass is 9.83. The molecule has 1 aromatic heterocycles. The average Bonchev–Trinajstić information content (AvgIpc) is 3.13. The van der Waals surface area contributed by atoms with Gasteiger partial charge in [-0.2, -0.15) is 0 Å². The molecule has 1 heterocycles. The van der Waals surface area contributed by atoms with Crippen LogP contribution in [0.4, 0.5) is 10.2 Å². The molecule has 2 aliphatic rings. The highest BCUT2D eigenvalue weighted by Gasteiger charge is 2.44. The molecule has 0 unspecified atom stereocenters. The largest absolute Gasteiger partial charge is 0.507 e. The van der Waals surface area contributed by atoms with E-state index in [0.29, 0.717) is 28.6 Å². The van der Waals surface area contributed by atoms with Gasteiger partial charge in [-0.3, -0.25) is 4.79 Å². The summed E-state index contributed by atoms with van der Waals surface area (Å²) in [4.78, 5) is 13.6. The normalized spacial score (nSPS) is 26.1. The topological polar surface area (TPSA) is 78.4 Å². The van der Waals surface area contributed by atoms with Crippen LogP contribution in [0.25, 0.3) is 11.3 Å². The fourth-order valence-electron chi connectivity index (χ4n) is 4.64. The molecule has 2 aromatic rings. The van der Waals surface area contributed by atoms with Gasteiger partial charge in [0.1, 0.15) is 11.9 Å². The van der Waals surface area contributed by atoms with Gasteiger partial charge in [0, 0.05) is 25.2 Å². The molecule has 2 aliphatic carbocycles. The summed E-state index contributed by atoms with van der Waals surface area (Å²) in [5, 5.41) is 21.3. The highest BCUT2D eigenvalue weighted by Crippen LogP contribution is 2.45. The maximum absolute atomic E-state index is 14.8. The number of rotatable bonds is 4. The van der Waals surface area contributed by atoms with Crippen LogP contribution >= 0.6 is 0 Å². The van der Waals surface area contributed by atoms with Crippen LogP contribution in [-0.2, 0) is 0 Å². The summed E-state index contributed by atoms with van der Waals surface area (Å²) in [6.07, 6.45) is 3.17. The highest BCUT2D eigenvalue weighted by molar-refractivity contribution is 5.95. The Morgan fingerprint density at radius 1 is 1.21 bits per heavy atom. The van der Waals surface area contributed by atoms with Crippen LogP contribution < -0.4 is 10.2 Å². The van der Waals surface area contributed by atoms with E-state index < -0.39 is 6.17 Å². The zero-order valence-electron chi connectivity index (χ0n) is 16.1. The smallest absolute Gasteiger partial charge is 0.251 e. The quantitative estimate of drug-likeness (QED) is 0.847. The van der Waals surface area contributed by atoms with Gasteiger partial charge in [-0.1, -0.05) is 0 Å². The van der Waals surface area contributed by atoms with Crippen LogP contribution in [0.3, 0.4) is 0 Å². The molecule has 7 heteroatoms. The zero-order valence-corrected chi connectivity index (χ0v) is 16.1. The molecule has 1 aromatic carbocycles. The predicted molar refractivity (Wildman–Crippen MR) is 105 cm³/mol. The number of aromatic nitrogens is 2. The van der Waals surface area contributed by atoms with Crippen LogP contribution in [0.2, 0.25) is 0 Å². The van der Waals surface area contributed by atoms with Gasteiger partial charge in [0.05, 0.1) is 11.7 Å². The average molecular weight is 384 g/mol. The number of nitrogens with zero attached hydrogens (tertiary/aromatic N) is 3. The zero-order chi connectivity index (χ0) is 19.8. The third kappa shape index (κ3) is 3.30. The van der Waals surface area contributed by atoms with Crippen molar-refractivity contribution in [1.82, 2.24) is 15.5 Å².